The lowest BCUT2D eigenvalue weighted by molar-refractivity contribution is 0.102. The topological polar surface area (TPSA) is 84.5 Å². The molecule has 0 aromatic heterocycles. The highest BCUT2D eigenvalue weighted by atomic mass is 32.2. The van der Waals surface area contributed by atoms with Gasteiger partial charge in [0.25, 0.3) is 15.9 Å². The minimum Gasteiger partial charge on any atom is -0.457 e. The van der Waals surface area contributed by atoms with Crippen molar-refractivity contribution < 1.29 is 17.9 Å². The highest BCUT2D eigenvalue weighted by Gasteiger charge is 2.19. The zero-order chi connectivity index (χ0) is 24.1. The van der Waals surface area contributed by atoms with Gasteiger partial charge in [0.2, 0.25) is 0 Å². The van der Waals surface area contributed by atoms with Gasteiger partial charge in [-0.15, -0.1) is 0 Å². The zero-order valence-electron chi connectivity index (χ0n) is 18.8. The fourth-order valence-electron chi connectivity index (χ4n) is 3.38. The maximum atomic E-state index is 13.0. The van der Waals surface area contributed by atoms with Gasteiger partial charge >= 0.3 is 0 Å². The third-order valence-electron chi connectivity index (χ3n) is 5.10. The smallest absolute Gasteiger partial charge is 0.262 e. The van der Waals surface area contributed by atoms with Crippen LogP contribution in [0, 0.1) is 13.8 Å². The normalized spacial score (nSPS) is 11.0. The second kappa shape index (κ2) is 9.80. The summed E-state index contributed by atoms with van der Waals surface area (Å²) in [4.78, 5) is 12.9. The number of ether oxygens (including phenoxy) is 1. The number of para-hydroxylation sites is 1. The van der Waals surface area contributed by atoms with E-state index in [2.05, 4.69) is 10.0 Å². The first kappa shape index (κ1) is 23.1. The molecule has 0 aliphatic carbocycles. The van der Waals surface area contributed by atoms with E-state index >= 15 is 0 Å². The molecule has 0 saturated heterocycles. The van der Waals surface area contributed by atoms with Crippen LogP contribution in [-0.4, -0.2) is 14.3 Å². The van der Waals surface area contributed by atoms with Crippen molar-refractivity contribution in [2.75, 3.05) is 10.0 Å². The molecule has 172 valence electrons. The van der Waals surface area contributed by atoms with Crippen molar-refractivity contribution in [1.29, 1.82) is 0 Å². The molecule has 0 unspecified atom stereocenters. The summed E-state index contributed by atoms with van der Waals surface area (Å²) in [5, 5.41) is 2.79. The van der Waals surface area contributed by atoms with Crippen molar-refractivity contribution in [3.05, 3.63) is 114 Å². The molecule has 0 radical (unpaired) electrons. The number of aryl methyl sites for hydroxylation is 2. The molecule has 0 atom stereocenters. The molecule has 0 spiro atoms. The zero-order valence-corrected chi connectivity index (χ0v) is 19.6. The van der Waals surface area contributed by atoms with Gasteiger partial charge in [0.1, 0.15) is 11.5 Å². The molecule has 0 aliphatic rings. The van der Waals surface area contributed by atoms with E-state index in [9.17, 15) is 13.2 Å². The highest BCUT2D eigenvalue weighted by molar-refractivity contribution is 7.92. The largest absolute Gasteiger partial charge is 0.457 e. The number of benzene rings is 4. The lowest BCUT2D eigenvalue weighted by Crippen LogP contribution is -2.17. The molecule has 4 aromatic rings. The Balaban J connectivity index is 1.49. The van der Waals surface area contributed by atoms with Gasteiger partial charge in [-0.1, -0.05) is 36.4 Å². The van der Waals surface area contributed by atoms with Gasteiger partial charge in [-0.2, -0.15) is 0 Å². The van der Waals surface area contributed by atoms with Crippen LogP contribution >= 0.6 is 0 Å². The molecule has 2 N–H and O–H groups in total. The summed E-state index contributed by atoms with van der Waals surface area (Å²) in [5.74, 6) is 0.936. The molecule has 0 fully saturated rings. The van der Waals surface area contributed by atoms with Gasteiger partial charge in [-0.3, -0.25) is 9.52 Å². The van der Waals surface area contributed by atoms with Crippen LogP contribution in [0.5, 0.6) is 11.5 Å². The third kappa shape index (κ3) is 5.63. The predicted molar refractivity (Wildman–Crippen MR) is 134 cm³/mol. The summed E-state index contributed by atoms with van der Waals surface area (Å²) in [6.45, 7) is 3.58. The predicted octanol–water partition coefficient (Wildman–Crippen LogP) is 6.15. The van der Waals surface area contributed by atoms with Crippen molar-refractivity contribution in [2.45, 2.75) is 18.7 Å². The van der Waals surface area contributed by atoms with Crippen LogP contribution in [0.3, 0.4) is 0 Å². The number of sulfonamides is 1. The Hall–Kier alpha value is -4.10. The van der Waals surface area contributed by atoms with E-state index < -0.39 is 15.9 Å². The van der Waals surface area contributed by atoms with Gasteiger partial charge in [-0.25, -0.2) is 8.42 Å². The van der Waals surface area contributed by atoms with Crippen molar-refractivity contribution in [3.63, 3.8) is 0 Å². The molecule has 0 heterocycles. The van der Waals surface area contributed by atoms with Crippen molar-refractivity contribution in [3.8, 4) is 11.5 Å². The molecule has 0 saturated carbocycles. The number of carbonyl (C=O) groups excluding carboxylic acids is 1. The lowest BCUT2D eigenvalue weighted by atomic mass is 10.1. The second-order valence-electron chi connectivity index (χ2n) is 7.85. The average Bonchev–Trinajstić information content (AvgIpc) is 2.81. The van der Waals surface area contributed by atoms with Crippen LogP contribution < -0.4 is 14.8 Å². The van der Waals surface area contributed by atoms with Crippen molar-refractivity contribution in [1.82, 2.24) is 0 Å². The van der Waals surface area contributed by atoms with Crippen LogP contribution in [0.2, 0.25) is 0 Å². The van der Waals surface area contributed by atoms with Crippen molar-refractivity contribution in [2.24, 2.45) is 0 Å². The number of anilines is 2. The molecule has 7 heteroatoms. The molecule has 4 aromatic carbocycles. The first-order chi connectivity index (χ1) is 16.3. The van der Waals surface area contributed by atoms with E-state index in [1.807, 2.05) is 43.3 Å². The lowest BCUT2D eigenvalue weighted by Gasteiger charge is -2.13. The van der Waals surface area contributed by atoms with Gasteiger partial charge in [0.05, 0.1) is 4.90 Å². The molecule has 4 rings (SSSR count). The Labute approximate surface area is 199 Å². The summed E-state index contributed by atoms with van der Waals surface area (Å²) in [6, 6.07) is 28.0. The maximum Gasteiger partial charge on any atom is 0.262 e. The van der Waals surface area contributed by atoms with E-state index in [0.717, 1.165) is 5.56 Å². The summed E-state index contributed by atoms with van der Waals surface area (Å²) in [5.41, 5.74) is 2.74. The number of nitrogens with one attached hydrogen (secondary N) is 2. The first-order valence-electron chi connectivity index (χ1n) is 10.6. The first-order valence-corrected chi connectivity index (χ1v) is 12.1. The molecular formula is C27H24N2O4S. The van der Waals surface area contributed by atoms with Gasteiger partial charge in [-0.05, 0) is 85.6 Å². The maximum absolute atomic E-state index is 13.0. The van der Waals surface area contributed by atoms with E-state index in [-0.39, 0.29) is 10.5 Å². The van der Waals surface area contributed by atoms with E-state index in [1.165, 1.54) is 6.07 Å². The number of hydrogen-bond donors (Lipinski definition) is 2. The van der Waals surface area contributed by atoms with Crippen LogP contribution in [0.4, 0.5) is 11.4 Å². The van der Waals surface area contributed by atoms with Gasteiger partial charge in [0, 0.05) is 16.9 Å². The Kier molecular flexibility index (Phi) is 6.65. The summed E-state index contributed by atoms with van der Waals surface area (Å²) in [6.07, 6.45) is 0. The molecule has 0 bridgehead atoms. The van der Waals surface area contributed by atoms with Gasteiger partial charge in [0.15, 0.2) is 0 Å². The SMILES string of the molecule is Cc1cccc(NS(=O)(=O)c2cc(C(=O)Nc3ccc(Oc4ccccc4)cc3)ccc2C)c1. The fourth-order valence-corrected chi connectivity index (χ4v) is 4.70. The summed E-state index contributed by atoms with van der Waals surface area (Å²) >= 11 is 0. The van der Waals surface area contributed by atoms with E-state index in [1.54, 1.807) is 61.5 Å². The van der Waals surface area contributed by atoms with Crippen LogP contribution in [0.15, 0.2) is 102 Å². The Morgan fingerprint density at radius 3 is 2.15 bits per heavy atom. The van der Waals surface area contributed by atoms with Gasteiger partial charge < -0.3 is 10.1 Å². The molecule has 1 amide bonds. The standard InChI is InChI=1S/C27H24N2O4S/c1-19-7-6-8-23(17-19)29-34(31,32)26-18-21(12-11-20(26)2)27(30)28-22-13-15-25(16-14-22)33-24-9-4-3-5-10-24/h3-18,29H,1-2H3,(H,28,30). The monoisotopic (exact) mass is 472 g/mol. The average molecular weight is 473 g/mol. The Bertz CT molecular complexity index is 1420. The quantitative estimate of drug-likeness (QED) is 0.338. The molecular weight excluding hydrogens is 448 g/mol. The van der Waals surface area contributed by atoms with E-state index in [4.69, 9.17) is 4.74 Å². The minimum atomic E-state index is -3.87. The fraction of sp³-hybridized carbons (Fsp3) is 0.0741. The molecule has 0 aliphatic heterocycles. The highest BCUT2D eigenvalue weighted by Crippen LogP contribution is 2.24. The number of rotatable bonds is 7. The second-order valence-corrected chi connectivity index (χ2v) is 9.50. The van der Waals surface area contributed by atoms with E-state index in [0.29, 0.717) is 28.4 Å². The van der Waals surface area contributed by atoms with Crippen LogP contribution in [-0.2, 0) is 10.0 Å². The number of hydrogen-bond acceptors (Lipinski definition) is 4. The minimum absolute atomic E-state index is 0.0493. The number of amides is 1. The number of carbonyl (C=O) groups is 1. The molecule has 34 heavy (non-hydrogen) atoms. The van der Waals surface area contributed by atoms with Crippen LogP contribution in [0.25, 0.3) is 0 Å². The summed E-state index contributed by atoms with van der Waals surface area (Å²) < 4.78 is 34.3. The Morgan fingerprint density at radius 1 is 0.735 bits per heavy atom. The van der Waals surface area contributed by atoms with Crippen molar-refractivity contribution >= 4 is 27.3 Å². The third-order valence-corrected chi connectivity index (χ3v) is 6.62. The Morgan fingerprint density at radius 2 is 1.44 bits per heavy atom. The molecule has 6 nitrogen and oxygen atoms in total. The summed E-state index contributed by atoms with van der Waals surface area (Å²) in [7, 11) is -3.87. The van der Waals surface area contributed by atoms with Crippen LogP contribution in [0.1, 0.15) is 21.5 Å².